The summed E-state index contributed by atoms with van der Waals surface area (Å²) < 4.78 is 115. The molecule has 0 saturated heterocycles. The van der Waals surface area contributed by atoms with Crippen LogP contribution in [0.15, 0.2) is 186 Å². The van der Waals surface area contributed by atoms with Gasteiger partial charge in [-0.15, -0.1) is 0 Å². The van der Waals surface area contributed by atoms with Crippen molar-refractivity contribution in [1.82, 2.24) is 30.9 Å². The van der Waals surface area contributed by atoms with Gasteiger partial charge in [-0.05, 0) is 69.8 Å². The number of ether oxygens (including phenoxy) is 6. The molecule has 6 heterocycles. The van der Waals surface area contributed by atoms with E-state index in [1.165, 1.54) is 39.5 Å². The van der Waals surface area contributed by atoms with Crippen LogP contribution < -0.4 is 44.4 Å². The van der Waals surface area contributed by atoms with Gasteiger partial charge >= 0.3 is 0 Å². The number of nitrogens with zero attached hydrogens (tertiary/aromatic N) is 5. The molecule has 111 heavy (non-hydrogen) atoms. The largest absolute Gasteiger partial charge is 0.481 e. The number of hydrogen-bond acceptors (Lipinski definition) is 20. The first-order valence-electron chi connectivity index (χ1n) is 34.7. The maximum atomic E-state index is 13.0. The second-order valence-corrected chi connectivity index (χ2v) is 29.4. The lowest BCUT2D eigenvalue weighted by atomic mass is 9.70. The number of alkyl halides is 6. The van der Waals surface area contributed by atoms with Crippen molar-refractivity contribution in [3.8, 4) is 47.0 Å². The van der Waals surface area contributed by atoms with E-state index in [0.29, 0.717) is 27.8 Å². The van der Waals surface area contributed by atoms with E-state index in [-0.39, 0.29) is 94.1 Å². The van der Waals surface area contributed by atoms with Crippen molar-refractivity contribution in [2.45, 2.75) is 96.4 Å². The van der Waals surface area contributed by atoms with Crippen molar-refractivity contribution >= 4 is 50.7 Å². The Balaban J connectivity index is 0.000000154. The highest BCUT2D eigenvalue weighted by Gasteiger charge is 2.80. The molecule has 15 atom stereocenters. The van der Waals surface area contributed by atoms with Crippen molar-refractivity contribution in [3.05, 3.63) is 263 Å². The third-order valence-corrected chi connectivity index (χ3v) is 22.9. The molecule has 0 amide bonds. The summed E-state index contributed by atoms with van der Waals surface area (Å²) in [4.78, 5) is 12.6. The van der Waals surface area contributed by atoms with Gasteiger partial charge in [0.15, 0.2) is 33.6 Å². The van der Waals surface area contributed by atoms with Gasteiger partial charge in [-0.25, -0.2) is 41.3 Å². The molecule has 3 saturated carbocycles. The minimum Gasteiger partial charge on any atom is -0.481 e. The summed E-state index contributed by atoms with van der Waals surface area (Å²) in [6.45, 7) is -1.77. The molecule has 0 unspecified atom stereocenters. The molecule has 0 spiro atoms. The molecule has 20 nitrogen and oxygen atoms in total. The lowest BCUT2D eigenvalue weighted by Crippen LogP contribution is -2.52. The van der Waals surface area contributed by atoms with E-state index < -0.39 is 126 Å². The highest BCUT2D eigenvalue weighted by molar-refractivity contribution is 9.10. The van der Waals surface area contributed by atoms with Gasteiger partial charge in [0.25, 0.3) is 19.3 Å². The number of aromatic nitrogens is 3. The van der Waals surface area contributed by atoms with Crippen LogP contribution in [-0.4, -0.2) is 144 Å². The Bertz CT molecular complexity index is 4690. The third-order valence-electron chi connectivity index (χ3n) is 21.8. The zero-order valence-corrected chi connectivity index (χ0v) is 62.5. The van der Waals surface area contributed by atoms with E-state index in [1.54, 1.807) is 60.7 Å². The average Bonchev–Trinajstić information content (AvgIpc) is 1.51. The van der Waals surface area contributed by atoms with Gasteiger partial charge in [-0.1, -0.05) is 186 Å². The number of halogens is 10. The topological polar surface area (TPSA) is 299 Å². The van der Waals surface area contributed by atoms with Crippen molar-refractivity contribution in [2.75, 3.05) is 60.6 Å². The maximum Gasteiger partial charge on any atom is 0.250 e. The highest BCUT2D eigenvalue weighted by Crippen LogP contribution is 2.73. The molecular weight excluding hydrogens is 1580 g/mol. The zero-order valence-electron chi connectivity index (χ0n) is 58.6. The first kappa shape index (κ1) is 81.6. The van der Waals surface area contributed by atoms with Crippen molar-refractivity contribution in [3.63, 3.8) is 0 Å². The highest BCUT2D eigenvalue weighted by atomic mass is 79.9. The summed E-state index contributed by atoms with van der Waals surface area (Å²) in [7, 11) is 4.11. The SMILES string of the molecule is C.COc1nc(Cl)cc2c1[C@]1(O)[C@H](O)[C@H](CNCC(F)F)[C@@H](c3ccccc3)[C@]1(c1ccc(Br)cc1)O2.COc1nc(Cl)cc2c1[C@]1(O)[C@H](O)[C@H](CNCC(F)F)[C@@H](c3ccccc3)[C@]1(c1ccc(C#N)cc1)O2.COc1nc(Cl)cc2c1[C@]1(O)[C@H](O)[C@H](CNCC(F)F)[C@@H](c3ccccc3)[C@]1(c1ccc(C#N)cc1)O2. The third kappa shape index (κ3) is 13.5. The van der Waals surface area contributed by atoms with E-state index in [0.717, 1.165) is 21.2 Å². The predicted molar refractivity (Wildman–Crippen MR) is 402 cm³/mol. The molecule has 6 aliphatic rings. The maximum absolute atomic E-state index is 13.0. The Morgan fingerprint density at radius 3 is 0.928 bits per heavy atom. The van der Waals surface area contributed by atoms with Crippen LogP contribution in [0.2, 0.25) is 15.5 Å². The van der Waals surface area contributed by atoms with Gasteiger partial charge in [0, 0.05) is 77.8 Å². The van der Waals surface area contributed by atoms with Gasteiger partial charge < -0.3 is 75.0 Å². The van der Waals surface area contributed by atoms with Crippen LogP contribution in [0.1, 0.15) is 86.4 Å². The molecular formula is C81H76BrCl3F6N8O12. The molecule has 30 heteroatoms. The summed E-state index contributed by atoms with van der Waals surface area (Å²) in [6, 6.07) is 56.3. The quantitative estimate of drug-likeness (QED) is 0.0239. The molecule has 0 bridgehead atoms. The standard InChI is InChI=1S/2C27H24ClF2N3O4.C26H24BrClF2N2O4.CH4/c2*1-36-25-23-19(11-20(28)33-25)37-27(17-9-7-15(12-31)8-10-17)22(16-5-3-2-4-6-16)18(13-32-14-21(29)30)24(34)26(23,27)35;1-35-24-22-18(11-19(28)32-24)36-26(15-7-9-16(27)10-8-15)21(14-5-3-2-4-6-14)17(12-31-13-20(29)30)23(33)25(22,26)34;/h2*2-11,18,21-22,24,32,34-35H,13-14H2,1H3;2-11,17,20-21,23,31,33-34H,12-13H2,1H3;1H4/t2*18-,22-,24-,26+,27+;17-,21-,23-,25+,26+;/m111./s1. The smallest absolute Gasteiger partial charge is 0.250 e. The molecule has 0 radical (unpaired) electrons. The zero-order chi connectivity index (χ0) is 78.4. The van der Waals surface area contributed by atoms with Crippen molar-refractivity contribution < 1.29 is 85.4 Å². The molecule has 9 aromatic rings. The molecule has 15 rings (SSSR count). The first-order chi connectivity index (χ1) is 52.8. The van der Waals surface area contributed by atoms with E-state index in [1.807, 2.05) is 103 Å². The van der Waals surface area contributed by atoms with Crippen LogP contribution in [-0.2, 0) is 33.6 Å². The number of nitrogens with one attached hydrogen (secondary N) is 3. The van der Waals surface area contributed by atoms with Gasteiger partial charge in [-0.3, -0.25) is 0 Å². The summed E-state index contributed by atoms with van der Waals surface area (Å²) in [5, 5.41) is 101. The molecule has 6 aromatic carbocycles. The van der Waals surface area contributed by atoms with Crippen molar-refractivity contribution in [1.29, 1.82) is 10.5 Å². The average molecular weight is 1650 g/mol. The summed E-state index contributed by atoms with van der Waals surface area (Å²) in [5.74, 6) is -3.77. The lowest BCUT2D eigenvalue weighted by molar-refractivity contribution is -0.152. The lowest BCUT2D eigenvalue weighted by Gasteiger charge is -2.41. The number of nitriles is 2. The molecule has 3 aliphatic carbocycles. The second-order valence-electron chi connectivity index (χ2n) is 27.3. The second kappa shape index (κ2) is 32.7. The monoisotopic (exact) mass is 1650 g/mol. The van der Waals surface area contributed by atoms with Crippen molar-refractivity contribution in [2.24, 2.45) is 17.8 Å². The normalized spacial score (nSPS) is 27.9. The van der Waals surface area contributed by atoms with Gasteiger partial charge in [0.1, 0.15) is 32.7 Å². The van der Waals surface area contributed by atoms with E-state index in [4.69, 9.17) is 63.2 Å². The Morgan fingerprint density at radius 2 is 0.694 bits per heavy atom. The molecule has 582 valence electrons. The predicted octanol–water partition coefficient (Wildman–Crippen LogP) is 12.7. The van der Waals surface area contributed by atoms with Crippen LogP contribution >= 0.6 is 50.7 Å². The Labute approximate surface area is 658 Å². The van der Waals surface area contributed by atoms with Gasteiger partial charge in [0.2, 0.25) is 17.6 Å². The Morgan fingerprint density at radius 1 is 0.441 bits per heavy atom. The van der Waals surface area contributed by atoms with Crippen LogP contribution in [0, 0.1) is 40.4 Å². The van der Waals surface area contributed by atoms with Gasteiger partial charge in [-0.2, -0.15) is 10.5 Å². The van der Waals surface area contributed by atoms with Crippen LogP contribution in [0.25, 0.3) is 0 Å². The Kier molecular flexibility index (Phi) is 24.0. The van der Waals surface area contributed by atoms with Crippen LogP contribution in [0.3, 0.4) is 0 Å². The van der Waals surface area contributed by atoms with E-state index >= 15 is 0 Å². The summed E-state index contributed by atoms with van der Waals surface area (Å²) in [6.07, 6.45) is -12.2. The number of benzene rings is 6. The van der Waals surface area contributed by atoms with Gasteiger partial charge in [0.05, 0.1) is 99.2 Å². The molecule has 3 fully saturated rings. The fourth-order valence-corrected chi connectivity index (χ4v) is 18.5. The van der Waals surface area contributed by atoms with E-state index in [9.17, 15) is 67.5 Å². The fraction of sp³-hybridized carbons (Fsp3) is 0.346. The van der Waals surface area contributed by atoms with Crippen LogP contribution in [0.4, 0.5) is 26.3 Å². The first-order valence-corrected chi connectivity index (χ1v) is 36.6. The van der Waals surface area contributed by atoms with Crippen LogP contribution in [0.5, 0.6) is 34.9 Å². The number of hydrogen-bond donors (Lipinski definition) is 9. The minimum absolute atomic E-state index is 0. The molecule has 3 aromatic heterocycles. The summed E-state index contributed by atoms with van der Waals surface area (Å²) >= 11 is 22.1. The number of methoxy groups -OCH3 is 3. The number of rotatable bonds is 21. The number of aliphatic hydroxyl groups excluding tert-OH is 3. The Hall–Kier alpha value is -8.88. The fourth-order valence-electron chi connectivity index (χ4n) is 17.7. The number of aliphatic hydroxyl groups is 6. The summed E-state index contributed by atoms with van der Waals surface area (Å²) in [5.41, 5.74) is -6.15. The number of fused-ring (bicyclic) bond motifs is 9. The minimum atomic E-state index is -2.59. The van der Waals surface area contributed by atoms with E-state index in [2.05, 4.69) is 59.0 Å². The molecule has 9 N–H and O–H groups in total. The number of pyridine rings is 3. The molecule has 3 aliphatic heterocycles.